The third kappa shape index (κ3) is 2.54. The first-order chi connectivity index (χ1) is 9.97. The topological polar surface area (TPSA) is 43.8 Å². The predicted octanol–water partition coefficient (Wildman–Crippen LogP) is 5.28. The van der Waals surface area contributed by atoms with Gasteiger partial charge in [-0.2, -0.15) is 0 Å². The summed E-state index contributed by atoms with van der Waals surface area (Å²) in [5.41, 5.74) is 9.71. The van der Waals surface area contributed by atoms with Crippen LogP contribution in [-0.4, -0.2) is 9.55 Å². The van der Waals surface area contributed by atoms with Crippen LogP contribution in [-0.2, 0) is 0 Å². The number of hydrogen-bond donors (Lipinski definition) is 1. The molecule has 3 aromatic rings. The zero-order valence-corrected chi connectivity index (χ0v) is 14.1. The van der Waals surface area contributed by atoms with Crippen LogP contribution in [0.15, 0.2) is 40.9 Å². The highest BCUT2D eigenvalue weighted by atomic mass is 79.9. The Morgan fingerprint density at radius 1 is 1.19 bits per heavy atom. The van der Waals surface area contributed by atoms with Gasteiger partial charge in [-0.3, -0.25) is 0 Å². The molecule has 0 amide bonds. The molecule has 0 aliphatic carbocycles. The minimum atomic E-state index is 0.279. The van der Waals surface area contributed by atoms with Crippen LogP contribution in [0.25, 0.3) is 22.4 Å². The Balaban J connectivity index is 2.33. The Morgan fingerprint density at radius 2 is 1.95 bits per heavy atom. The molecule has 0 bridgehead atoms. The van der Waals surface area contributed by atoms with E-state index in [0.29, 0.717) is 10.7 Å². The first-order valence-electron chi connectivity index (χ1n) is 6.70. The lowest BCUT2D eigenvalue weighted by Gasteiger charge is -2.14. The fourth-order valence-corrected chi connectivity index (χ4v) is 3.05. The molecule has 0 fully saturated rings. The van der Waals surface area contributed by atoms with Gasteiger partial charge in [-0.05, 0) is 50.2 Å². The molecule has 0 atom stereocenters. The van der Waals surface area contributed by atoms with Crippen molar-refractivity contribution in [3.63, 3.8) is 0 Å². The fraction of sp³-hybridized carbons (Fsp3) is 0.188. The van der Waals surface area contributed by atoms with Crippen molar-refractivity contribution < 1.29 is 0 Å². The first-order valence-corrected chi connectivity index (χ1v) is 7.87. The number of hydrogen-bond acceptors (Lipinski definition) is 2. The van der Waals surface area contributed by atoms with Crippen molar-refractivity contribution in [1.82, 2.24) is 9.55 Å². The second-order valence-corrected chi connectivity index (χ2v) is 6.62. The van der Waals surface area contributed by atoms with Crippen LogP contribution >= 0.6 is 27.5 Å². The third-order valence-electron chi connectivity index (χ3n) is 3.42. The van der Waals surface area contributed by atoms with Gasteiger partial charge in [0.25, 0.3) is 0 Å². The van der Waals surface area contributed by atoms with Crippen LogP contribution in [0, 0.1) is 0 Å². The summed E-state index contributed by atoms with van der Waals surface area (Å²) in [5, 5.41) is 0.631. The first kappa shape index (κ1) is 14.4. The molecule has 0 spiro atoms. The van der Waals surface area contributed by atoms with Gasteiger partial charge in [0.05, 0.1) is 11.0 Å². The van der Waals surface area contributed by atoms with E-state index in [-0.39, 0.29) is 6.04 Å². The Hall–Kier alpha value is -1.52. The molecule has 5 heteroatoms. The van der Waals surface area contributed by atoms with Crippen molar-refractivity contribution in [2.45, 2.75) is 19.9 Å². The smallest absolute Gasteiger partial charge is 0.143 e. The third-order valence-corrected chi connectivity index (χ3v) is 4.15. The molecule has 3 rings (SSSR count). The Bertz CT molecular complexity index is 824. The van der Waals surface area contributed by atoms with Gasteiger partial charge in [0.1, 0.15) is 5.82 Å². The molecule has 0 aliphatic rings. The van der Waals surface area contributed by atoms with Crippen LogP contribution in [0.5, 0.6) is 0 Å². The number of imidazole rings is 1. The lowest BCUT2D eigenvalue weighted by atomic mass is 10.1. The largest absolute Gasteiger partial charge is 0.398 e. The number of nitrogen functional groups attached to an aromatic ring is 1. The van der Waals surface area contributed by atoms with E-state index in [4.69, 9.17) is 22.3 Å². The Morgan fingerprint density at radius 3 is 2.62 bits per heavy atom. The average molecular weight is 365 g/mol. The normalized spacial score (nSPS) is 11.5. The number of aromatic nitrogens is 2. The molecular formula is C16H15BrClN3. The second kappa shape index (κ2) is 5.35. The summed E-state index contributed by atoms with van der Waals surface area (Å²) < 4.78 is 3.21. The molecule has 0 saturated heterocycles. The Kier molecular flexibility index (Phi) is 3.68. The maximum Gasteiger partial charge on any atom is 0.143 e. The molecule has 1 aromatic heterocycles. The predicted molar refractivity (Wildman–Crippen MR) is 92.7 cm³/mol. The lowest BCUT2D eigenvalue weighted by Crippen LogP contribution is -2.04. The highest BCUT2D eigenvalue weighted by Gasteiger charge is 2.17. The van der Waals surface area contributed by atoms with Gasteiger partial charge in [-0.15, -0.1) is 0 Å². The molecule has 21 heavy (non-hydrogen) atoms. The van der Waals surface area contributed by atoms with Crippen LogP contribution in [0.2, 0.25) is 5.02 Å². The van der Waals surface area contributed by atoms with Gasteiger partial charge in [-0.1, -0.05) is 27.5 Å². The number of benzene rings is 2. The van der Waals surface area contributed by atoms with E-state index in [1.807, 2.05) is 24.3 Å². The molecule has 0 radical (unpaired) electrons. The van der Waals surface area contributed by atoms with Crippen molar-refractivity contribution >= 4 is 44.3 Å². The monoisotopic (exact) mass is 363 g/mol. The highest BCUT2D eigenvalue weighted by molar-refractivity contribution is 9.10. The summed E-state index contributed by atoms with van der Waals surface area (Å²) in [4.78, 5) is 4.77. The maximum atomic E-state index is 6.13. The van der Waals surface area contributed by atoms with Crippen molar-refractivity contribution in [2.75, 3.05) is 5.73 Å². The molecule has 2 N–H and O–H groups in total. The van der Waals surface area contributed by atoms with E-state index in [2.05, 4.69) is 40.4 Å². The fourth-order valence-electron chi connectivity index (χ4n) is 2.52. The van der Waals surface area contributed by atoms with Crippen LogP contribution in [0.1, 0.15) is 19.9 Å². The summed E-state index contributed by atoms with van der Waals surface area (Å²) in [7, 11) is 0. The number of anilines is 1. The summed E-state index contributed by atoms with van der Waals surface area (Å²) in [6.45, 7) is 4.28. The number of rotatable bonds is 2. The summed E-state index contributed by atoms with van der Waals surface area (Å²) in [6.07, 6.45) is 0. The van der Waals surface area contributed by atoms with Crippen LogP contribution < -0.4 is 5.73 Å². The van der Waals surface area contributed by atoms with E-state index < -0.39 is 0 Å². The van der Waals surface area contributed by atoms with E-state index >= 15 is 0 Å². The molecule has 1 heterocycles. The van der Waals surface area contributed by atoms with E-state index in [0.717, 1.165) is 26.9 Å². The number of nitrogens with two attached hydrogens (primary N) is 1. The molecule has 0 aliphatic heterocycles. The summed E-state index contributed by atoms with van der Waals surface area (Å²) >= 11 is 9.48. The van der Waals surface area contributed by atoms with Crippen molar-refractivity contribution in [3.05, 3.63) is 45.9 Å². The zero-order chi connectivity index (χ0) is 15.1. The summed E-state index contributed by atoms with van der Waals surface area (Å²) in [6, 6.07) is 11.9. The average Bonchev–Trinajstić information content (AvgIpc) is 2.76. The van der Waals surface area contributed by atoms with Gasteiger partial charge in [0, 0.05) is 26.8 Å². The van der Waals surface area contributed by atoms with Crippen molar-refractivity contribution in [3.8, 4) is 11.4 Å². The maximum absolute atomic E-state index is 6.13. The molecule has 3 nitrogen and oxygen atoms in total. The number of fused-ring (bicyclic) bond motifs is 1. The standard InChI is InChI=1S/C16H15BrClN3/c1-9(2)21-15-6-3-10(17)7-14(15)20-16(21)12-5-4-11(18)8-13(12)19/h3-9H,19H2,1-2H3. The van der Waals surface area contributed by atoms with Gasteiger partial charge in [-0.25, -0.2) is 4.98 Å². The van der Waals surface area contributed by atoms with E-state index in [1.165, 1.54) is 0 Å². The SMILES string of the molecule is CC(C)n1c(-c2ccc(Cl)cc2N)nc2cc(Br)ccc21. The van der Waals surface area contributed by atoms with Gasteiger partial charge in [0.2, 0.25) is 0 Å². The van der Waals surface area contributed by atoms with Crippen LogP contribution in [0.4, 0.5) is 5.69 Å². The summed E-state index contributed by atoms with van der Waals surface area (Å²) in [5.74, 6) is 0.868. The van der Waals surface area contributed by atoms with Crippen molar-refractivity contribution in [1.29, 1.82) is 0 Å². The van der Waals surface area contributed by atoms with Crippen LogP contribution in [0.3, 0.4) is 0 Å². The minimum absolute atomic E-state index is 0.279. The number of halogens is 2. The minimum Gasteiger partial charge on any atom is -0.398 e. The molecule has 108 valence electrons. The van der Waals surface area contributed by atoms with Gasteiger partial charge < -0.3 is 10.3 Å². The Labute approximate surface area is 136 Å². The quantitative estimate of drug-likeness (QED) is 0.628. The molecule has 0 saturated carbocycles. The molecule has 0 unspecified atom stereocenters. The molecule has 2 aromatic carbocycles. The van der Waals surface area contributed by atoms with E-state index in [9.17, 15) is 0 Å². The highest BCUT2D eigenvalue weighted by Crippen LogP contribution is 2.33. The number of nitrogens with zero attached hydrogens (tertiary/aromatic N) is 2. The van der Waals surface area contributed by atoms with Gasteiger partial charge >= 0.3 is 0 Å². The van der Waals surface area contributed by atoms with E-state index in [1.54, 1.807) is 6.07 Å². The van der Waals surface area contributed by atoms with Crippen molar-refractivity contribution in [2.24, 2.45) is 0 Å². The lowest BCUT2D eigenvalue weighted by molar-refractivity contribution is 0.624. The zero-order valence-electron chi connectivity index (χ0n) is 11.8. The second-order valence-electron chi connectivity index (χ2n) is 5.26. The molecular weight excluding hydrogens is 350 g/mol. The van der Waals surface area contributed by atoms with Gasteiger partial charge in [0.15, 0.2) is 0 Å².